The Morgan fingerprint density at radius 1 is 0.897 bits per heavy atom. The molecule has 1 aromatic carbocycles. The molecule has 1 saturated heterocycles. The van der Waals surface area contributed by atoms with Crippen molar-refractivity contribution in [2.75, 3.05) is 0 Å². The lowest BCUT2D eigenvalue weighted by Crippen LogP contribution is -2.25. The molecule has 3 nitrogen and oxygen atoms in total. The van der Waals surface area contributed by atoms with Gasteiger partial charge in [0.2, 0.25) is 11.8 Å². The van der Waals surface area contributed by atoms with Gasteiger partial charge in [0.05, 0.1) is 0 Å². The van der Waals surface area contributed by atoms with Crippen molar-refractivity contribution in [3.05, 3.63) is 35.9 Å². The molecule has 1 heterocycles. The highest BCUT2D eigenvalue weighted by Gasteiger charge is 2.39. The van der Waals surface area contributed by atoms with E-state index in [4.69, 9.17) is 0 Å². The third-order valence-corrected chi connectivity index (χ3v) is 7.33. The Hall–Kier alpha value is -1.29. The van der Waals surface area contributed by atoms with Crippen LogP contribution in [0.2, 0.25) is 0 Å². The minimum atomic E-state index is -0.0997. The Bertz CT molecular complexity index is 604. The van der Waals surface area contributed by atoms with Crippen molar-refractivity contribution in [2.45, 2.75) is 103 Å². The number of unbranched alkanes of at least 4 members (excludes halogenated alkanes) is 9. The summed E-state index contributed by atoms with van der Waals surface area (Å²) < 4.78 is 1.46. The summed E-state index contributed by atoms with van der Waals surface area (Å²) in [5.74, 6) is -0.0749. The fourth-order valence-electron chi connectivity index (χ4n) is 4.05. The van der Waals surface area contributed by atoms with E-state index in [9.17, 15) is 9.59 Å². The van der Waals surface area contributed by atoms with E-state index in [0.717, 1.165) is 19.3 Å². The van der Waals surface area contributed by atoms with Crippen LogP contribution >= 0.6 is 11.9 Å². The van der Waals surface area contributed by atoms with Gasteiger partial charge in [-0.1, -0.05) is 108 Å². The maximum atomic E-state index is 12.8. The number of imide groups is 1. The number of rotatable bonds is 15. The number of carbonyl (C=O) groups is 2. The van der Waals surface area contributed by atoms with E-state index in [1.54, 1.807) is 0 Å². The largest absolute Gasteiger partial charge is 0.273 e. The van der Waals surface area contributed by atoms with Crippen LogP contribution in [-0.2, 0) is 9.59 Å². The first-order chi connectivity index (χ1) is 14.2. The summed E-state index contributed by atoms with van der Waals surface area (Å²) in [5, 5.41) is 0.153. The summed E-state index contributed by atoms with van der Waals surface area (Å²) in [6, 6.07) is 10.2. The van der Waals surface area contributed by atoms with Gasteiger partial charge in [0.15, 0.2) is 0 Å². The third-order valence-electron chi connectivity index (χ3n) is 5.88. The van der Waals surface area contributed by atoms with Crippen LogP contribution in [0.25, 0.3) is 0 Å². The lowest BCUT2D eigenvalue weighted by atomic mass is 9.98. The van der Waals surface area contributed by atoms with Crippen molar-refractivity contribution in [1.82, 2.24) is 4.31 Å². The molecule has 2 amide bonds. The molecule has 2 atom stereocenters. The van der Waals surface area contributed by atoms with Gasteiger partial charge in [-0.05, 0) is 30.4 Å². The van der Waals surface area contributed by atoms with Gasteiger partial charge in [-0.2, -0.15) is 0 Å². The van der Waals surface area contributed by atoms with Crippen LogP contribution in [0.1, 0.15) is 108 Å². The Labute approximate surface area is 182 Å². The monoisotopic (exact) mass is 417 g/mol. The predicted molar refractivity (Wildman–Crippen MR) is 123 cm³/mol. The number of hydrogen-bond donors (Lipinski definition) is 0. The second-order valence-corrected chi connectivity index (χ2v) is 9.46. The number of amides is 2. The molecule has 29 heavy (non-hydrogen) atoms. The zero-order chi connectivity index (χ0) is 20.9. The van der Waals surface area contributed by atoms with E-state index in [2.05, 4.69) is 26.0 Å². The van der Waals surface area contributed by atoms with Crippen molar-refractivity contribution in [2.24, 2.45) is 5.92 Å². The van der Waals surface area contributed by atoms with Crippen LogP contribution in [0.4, 0.5) is 0 Å². The van der Waals surface area contributed by atoms with E-state index in [1.807, 2.05) is 18.2 Å². The topological polar surface area (TPSA) is 37.4 Å². The van der Waals surface area contributed by atoms with Crippen LogP contribution in [0.3, 0.4) is 0 Å². The van der Waals surface area contributed by atoms with Crippen LogP contribution in [0.15, 0.2) is 30.3 Å². The molecule has 2 unspecified atom stereocenters. The van der Waals surface area contributed by atoms with Crippen LogP contribution in [0, 0.1) is 5.92 Å². The highest BCUT2D eigenvalue weighted by atomic mass is 32.2. The molecule has 1 aliphatic heterocycles. The summed E-state index contributed by atoms with van der Waals surface area (Å²) in [7, 11) is 0. The van der Waals surface area contributed by atoms with Crippen LogP contribution in [0.5, 0.6) is 0 Å². The van der Waals surface area contributed by atoms with E-state index in [1.165, 1.54) is 79.6 Å². The van der Waals surface area contributed by atoms with Gasteiger partial charge in [-0.15, -0.1) is 0 Å². The smallest absolute Gasteiger partial charge is 0.243 e. The molecule has 1 aliphatic rings. The predicted octanol–water partition coefficient (Wildman–Crippen LogP) is 7.47. The summed E-state index contributed by atoms with van der Waals surface area (Å²) in [4.78, 5) is 25.2. The maximum absolute atomic E-state index is 12.8. The van der Waals surface area contributed by atoms with E-state index >= 15 is 0 Å². The highest BCUT2D eigenvalue weighted by Crippen LogP contribution is 2.39. The number of nitrogens with zero attached hydrogens (tertiary/aromatic N) is 1. The standard InChI is InChI=1S/C25H39NO2S/c1-3-5-6-7-8-9-10-11-12-14-19-22-20-24(27)26(25(22)28)29-23(4-2)21-17-15-13-16-18-21/h13,15-18,22-23H,3-12,14,19-20H2,1-2H3. The second kappa shape index (κ2) is 13.8. The second-order valence-electron chi connectivity index (χ2n) is 8.31. The minimum absolute atomic E-state index is 0.00791. The summed E-state index contributed by atoms with van der Waals surface area (Å²) in [6.45, 7) is 4.36. The third kappa shape index (κ3) is 8.16. The van der Waals surface area contributed by atoms with Gasteiger partial charge in [0.25, 0.3) is 0 Å². The van der Waals surface area contributed by atoms with Crippen LogP contribution < -0.4 is 0 Å². The number of benzene rings is 1. The average Bonchev–Trinajstić information content (AvgIpc) is 3.01. The molecular formula is C25H39NO2S. The molecule has 0 aromatic heterocycles. The van der Waals surface area contributed by atoms with Gasteiger partial charge >= 0.3 is 0 Å². The first kappa shape index (κ1) is 24.0. The van der Waals surface area contributed by atoms with Crippen molar-refractivity contribution < 1.29 is 9.59 Å². The molecule has 2 rings (SSSR count). The molecule has 0 radical (unpaired) electrons. The van der Waals surface area contributed by atoms with Crippen molar-refractivity contribution >= 4 is 23.8 Å². The molecule has 0 N–H and O–H groups in total. The highest BCUT2D eigenvalue weighted by molar-refractivity contribution is 7.98. The average molecular weight is 418 g/mol. The molecule has 162 valence electrons. The van der Waals surface area contributed by atoms with Crippen molar-refractivity contribution in [3.63, 3.8) is 0 Å². The quantitative estimate of drug-likeness (QED) is 0.169. The first-order valence-corrected chi connectivity index (χ1v) is 12.6. The van der Waals surface area contributed by atoms with E-state index < -0.39 is 0 Å². The molecule has 1 aromatic rings. The molecular weight excluding hydrogens is 378 g/mol. The summed E-state index contributed by atoms with van der Waals surface area (Å²) in [6.07, 6.45) is 15.1. The van der Waals surface area contributed by atoms with E-state index in [-0.39, 0.29) is 23.0 Å². The lowest BCUT2D eigenvalue weighted by molar-refractivity contribution is -0.132. The molecule has 4 heteroatoms. The zero-order valence-corrected chi connectivity index (χ0v) is 19.2. The Kier molecular flexibility index (Phi) is 11.5. The lowest BCUT2D eigenvalue weighted by Gasteiger charge is -2.21. The number of carbonyl (C=O) groups excluding carboxylic acids is 2. The SMILES string of the molecule is CCCCCCCCCCCCC1CC(=O)N(SC(CC)c2ccccc2)C1=O. The van der Waals surface area contributed by atoms with Crippen molar-refractivity contribution in [3.8, 4) is 0 Å². The fraction of sp³-hybridized carbons (Fsp3) is 0.680. The Morgan fingerprint density at radius 2 is 1.48 bits per heavy atom. The molecule has 1 fully saturated rings. The molecule has 0 saturated carbocycles. The Balaban J connectivity index is 1.65. The van der Waals surface area contributed by atoms with Crippen molar-refractivity contribution in [1.29, 1.82) is 0 Å². The van der Waals surface area contributed by atoms with Gasteiger partial charge in [0, 0.05) is 17.6 Å². The van der Waals surface area contributed by atoms with Gasteiger partial charge in [-0.3, -0.25) is 9.59 Å². The van der Waals surface area contributed by atoms with Gasteiger partial charge < -0.3 is 0 Å². The first-order valence-electron chi connectivity index (χ1n) is 11.8. The number of hydrogen-bond acceptors (Lipinski definition) is 3. The Morgan fingerprint density at radius 3 is 2.07 bits per heavy atom. The maximum Gasteiger partial charge on any atom is 0.243 e. The van der Waals surface area contributed by atoms with Gasteiger partial charge in [-0.25, -0.2) is 4.31 Å². The molecule has 0 spiro atoms. The normalized spacial score (nSPS) is 17.9. The summed E-state index contributed by atoms with van der Waals surface area (Å²) in [5.41, 5.74) is 1.18. The summed E-state index contributed by atoms with van der Waals surface area (Å²) >= 11 is 1.42. The fourth-order valence-corrected chi connectivity index (χ4v) is 5.18. The zero-order valence-electron chi connectivity index (χ0n) is 18.4. The molecule has 0 bridgehead atoms. The minimum Gasteiger partial charge on any atom is -0.273 e. The van der Waals surface area contributed by atoms with Crippen LogP contribution in [-0.4, -0.2) is 16.1 Å². The van der Waals surface area contributed by atoms with Gasteiger partial charge in [0.1, 0.15) is 0 Å². The van der Waals surface area contributed by atoms with E-state index in [0.29, 0.717) is 6.42 Å². The molecule has 0 aliphatic carbocycles.